The van der Waals surface area contributed by atoms with E-state index in [1.54, 1.807) is 18.5 Å². The molecule has 2 aromatic rings. The molecule has 0 N–H and O–H groups in total. The molecular formula is C12H18N4O3S. The van der Waals surface area contributed by atoms with Crippen molar-refractivity contribution in [1.29, 1.82) is 0 Å². The second-order valence-electron chi connectivity index (χ2n) is 4.28. The van der Waals surface area contributed by atoms with Gasteiger partial charge in [-0.05, 0) is 13.3 Å². The fraction of sp³-hybridized carbons (Fsp3) is 0.667. The van der Waals surface area contributed by atoms with Crippen molar-refractivity contribution in [3.05, 3.63) is 10.8 Å². The molecule has 0 fully saturated rings. The molecule has 2 aromatic heterocycles. The van der Waals surface area contributed by atoms with Crippen LogP contribution in [-0.2, 0) is 20.9 Å². The first kappa shape index (κ1) is 14.9. The summed E-state index contributed by atoms with van der Waals surface area (Å²) in [6.07, 6.45) is 1.59. The number of carbonyl (C=O) groups excluding carboxylic acids is 1. The Labute approximate surface area is 120 Å². The molecule has 0 aromatic carbocycles. The molecule has 1 atom stereocenters. The topological polar surface area (TPSA) is 78.6 Å². The highest BCUT2D eigenvalue weighted by Gasteiger charge is 2.26. The lowest BCUT2D eigenvalue weighted by molar-refractivity contribution is -0.145. The van der Waals surface area contributed by atoms with E-state index < -0.39 is 0 Å². The molecule has 0 amide bonds. The molecule has 2 rings (SSSR count). The van der Waals surface area contributed by atoms with Crippen LogP contribution < -0.4 is 0 Å². The Morgan fingerprint density at radius 1 is 1.40 bits per heavy atom. The third kappa shape index (κ3) is 2.96. The number of methoxy groups -OCH3 is 1. The summed E-state index contributed by atoms with van der Waals surface area (Å²) in [6.45, 7) is 4.54. The summed E-state index contributed by atoms with van der Waals surface area (Å²) in [7, 11) is 1.59. The van der Waals surface area contributed by atoms with Crippen LogP contribution in [0.25, 0.3) is 4.96 Å². The van der Waals surface area contributed by atoms with Gasteiger partial charge in [-0.15, -0.1) is 10.2 Å². The maximum atomic E-state index is 12.0. The van der Waals surface area contributed by atoms with Crippen molar-refractivity contribution in [2.24, 2.45) is 0 Å². The maximum absolute atomic E-state index is 12.0. The standard InChI is InChI=1S/C12H18N4O3S/c1-4-6-8(11(17)19-5-2)10-15-16-9(7-18-3)13-14-12(16)20-10/h8H,4-7H2,1-3H3. The van der Waals surface area contributed by atoms with Crippen LogP contribution in [0.15, 0.2) is 0 Å². The summed E-state index contributed by atoms with van der Waals surface area (Å²) in [4.78, 5) is 12.7. The molecule has 0 spiro atoms. The van der Waals surface area contributed by atoms with Crippen LogP contribution in [0.4, 0.5) is 0 Å². The minimum Gasteiger partial charge on any atom is -0.465 e. The highest BCUT2D eigenvalue weighted by atomic mass is 32.1. The van der Waals surface area contributed by atoms with Gasteiger partial charge < -0.3 is 9.47 Å². The molecular weight excluding hydrogens is 280 g/mol. The van der Waals surface area contributed by atoms with Crippen LogP contribution in [0.2, 0.25) is 0 Å². The van der Waals surface area contributed by atoms with Crippen molar-refractivity contribution in [3.63, 3.8) is 0 Å². The lowest BCUT2D eigenvalue weighted by Gasteiger charge is -2.11. The van der Waals surface area contributed by atoms with Crippen molar-refractivity contribution in [2.45, 2.75) is 39.2 Å². The third-order valence-corrected chi connectivity index (χ3v) is 3.80. The predicted octanol–water partition coefficient (Wildman–Crippen LogP) is 1.78. The largest absolute Gasteiger partial charge is 0.465 e. The number of hydrogen-bond donors (Lipinski definition) is 0. The molecule has 0 saturated carbocycles. The van der Waals surface area contributed by atoms with Crippen molar-refractivity contribution in [3.8, 4) is 0 Å². The minimum absolute atomic E-state index is 0.229. The van der Waals surface area contributed by atoms with E-state index in [0.717, 1.165) is 6.42 Å². The molecule has 0 aliphatic rings. The Bertz CT molecular complexity index is 580. The predicted molar refractivity (Wildman–Crippen MR) is 73.7 cm³/mol. The van der Waals surface area contributed by atoms with Gasteiger partial charge >= 0.3 is 5.97 Å². The van der Waals surface area contributed by atoms with Gasteiger partial charge in [0.1, 0.15) is 17.5 Å². The van der Waals surface area contributed by atoms with Gasteiger partial charge in [0.05, 0.1) is 6.61 Å². The smallest absolute Gasteiger partial charge is 0.315 e. The van der Waals surface area contributed by atoms with Gasteiger partial charge in [-0.25, -0.2) is 0 Å². The molecule has 20 heavy (non-hydrogen) atoms. The van der Waals surface area contributed by atoms with E-state index in [4.69, 9.17) is 9.47 Å². The maximum Gasteiger partial charge on any atom is 0.315 e. The average Bonchev–Trinajstić information content (AvgIpc) is 2.98. The van der Waals surface area contributed by atoms with E-state index in [2.05, 4.69) is 15.3 Å². The first-order valence-electron chi connectivity index (χ1n) is 6.57. The van der Waals surface area contributed by atoms with E-state index in [9.17, 15) is 4.79 Å². The summed E-state index contributed by atoms with van der Waals surface area (Å²) in [5, 5.41) is 13.2. The molecule has 2 heterocycles. The summed E-state index contributed by atoms with van der Waals surface area (Å²) in [5.41, 5.74) is 0. The summed E-state index contributed by atoms with van der Waals surface area (Å²) in [5.74, 6) is 0.0683. The zero-order valence-electron chi connectivity index (χ0n) is 11.8. The van der Waals surface area contributed by atoms with Crippen LogP contribution in [0.5, 0.6) is 0 Å². The highest BCUT2D eigenvalue weighted by molar-refractivity contribution is 7.16. The SMILES string of the molecule is CCCC(C(=O)OCC)c1nn2c(COC)nnc2s1. The summed E-state index contributed by atoms with van der Waals surface area (Å²) in [6, 6.07) is 0. The van der Waals surface area contributed by atoms with Crippen molar-refractivity contribution < 1.29 is 14.3 Å². The summed E-state index contributed by atoms with van der Waals surface area (Å²) < 4.78 is 11.8. The second-order valence-corrected chi connectivity index (χ2v) is 5.26. The van der Waals surface area contributed by atoms with Crippen LogP contribution in [-0.4, -0.2) is 39.5 Å². The first-order valence-corrected chi connectivity index (χ1v) is 7.39. The Hall–Kier alpha value is -1.54. The normalized spacial score (nSPS) is 12.8. The van der Waals surface area contributed by atoms with Crippen molar-refractivity contribution in [1.82, 2.24) is 19.8 Å². The first-order chi connectivity index (χ1) is 9.71. The third-order valence-electron chi connectivity index (χ3n) is 2.79. The molecule has 0 aliphatic carbocycles. The molecule has 0 saturated heterocycles. The molecule has 0 bridgehead atoms. The van der Waals surface area contributed by atoms with Crippen molar-refractivity contribution >= 4 is 22.3 Å². The Morgan fingerprint density at radius 3 is 2.85 bits per heavy atom. The number of rotatable bonds is 7. The fourth-order valence-electron chi connectivity index (χ4n) is 1.91. The van der Waals surface area contributed by atoms with Crippen LogP contribution in [0.1, 0.15) is 43.4 Å². The summed E-state index contributed by atoms with van der Waals surface area (Å²) >= 11 is 1.37. The van der Waals surface area contributed by atoms with E-state index in [0.29, 0.717) is 35.4 Å². The van der Waals surface area contributed by atoms with Gasteiger partial charge in [-0.1, -0.05) is 24.7 Å². The van der Waals surface area contributed by atoms with E-state index in [1.807, 2.05) is 6.92 Å². The Morgan fingerprint density at radius 2 is 2.20 bits per heavy atom. The monoisotopic (exact) mass is 298 g/mol. The number of aromatic nitrogens is 4. The number of carbonyl (C=O) groups is 1. The van der Waals surface area contributed by atoms with Crippen molar-refractivity contribution in [2.75, 3.05) is 13.7 Å². The number of nitrogens with zero attached hydrogens (tertiary/aromatic N) is 4. The molecule has 110 valence electrons. The van der Waals surface area contributed by atoms with Crippen LogP contribution in [0.3, 0.4) is 0 Å². The lowest BCUT2D eigenvalue weighted by atomic mass is 10.1. The van der Waals surface area contributed by atoms with Gasteiger partial charge in [0, 0.05) is 7.11 Å². The number of ether oxygens (including phenoxy) is 2. The second kappa shape index (κ2) is 6.76. The molecule has 0 radical (unpaired) electrons. The number of hydrogen-bond acceptors (Lipinski definition) is 7. The van der Waals surface area contributed by atoms with Crippen LogP contribution in [0, 0.1) is 0 Å². The lowest BCUT2D eigenvalue weighted by Crippen LogP contribution is -2.16. The van der Waals surface area contributed by atoms with E-state index in [1.165, 1.54) is 11.3 Å². The fourth-order valence-corrected chi connectivity index (χ4v) is 2.89. The zero-order valence-corrected chi connectivity index (χ0v) is 12.6. The number of esters is 1. The van der Waals surface area contributed by atoms with E-state index >= 15 is 0 Å². The van der Waals surface area contributed by atoms with Gasteiger partial charge in [0.2, 0.25) is 4.96 Å². The Kier molecular flexibility index (Phi) is 5.02. The van der Waals surface area contributed by atoms with Gasteiger partial charge in [-0.3, -0.25) is 4.79 Å². The number of fused-ring (bicyclic) bond motifs is 1. The highest BCUT2D eigenvalue weighted by Crippen LogP contribution is 2.27. The van der Waals surface area contributed by atoms with Crippen LogP contribution >= 0.6 is 11.3 Å². The molecule has 7 nitrogen and oxygen atoms in total. The Balaban J connectivity index is 2.30. The molecule has 8 heteroatoms. The molecule has 1 unspecified atom stereocenters. The zero-order chi connectivity index (χ0) is 14.5. The van der Waals surface area contributed by atoms with Gasteiger partial charge in [0.15, 0.2) is 5.82 Å². The van der Waals surface area contributed by atoms with Gasteiger partial charge in [-0.2, -0.15) is 9.61 Å². The van der Waals surface area contributed by atoms with E-state index in [-0.39, 0.29) is 11.9 Å². The van der Waals surface area contributed by atoms with Gasteiger partial charge in [0.25, 0.3) is 0 Å². The average molecular weight is 298 g/mol. The molecule has 0 aliphatic heterocycles. The quantitative estimate of drug-likeness (QED) is 0.725. The minimum atomic E-state index is -0.331.